The molecule has 2 fully saturated rings. The van der Waals surface area contributed by atoms with E-state index in [1.54, 1.807) is 0 Å². The maximum absolute atomic E-state index is 11.8. The molecule has 4 atom stereocenters. The minimum absolute atomic E-state index is 0.160. The van der Waals surface area contributed by atoms with Gasteiger partial charge in [0.15, 0.2) is 24.0 Å². The van der Waals surface area contributed by atoms with Gasteiger partial charge in [-0.1, -0.05) is 26.7 Å². The third-order valence-electron chi connectivity index (χ3n) is 4.17. The van der Waals surface area contributed by atoms with Gasteiger partial charge in [-0.3, -0.25) is 4.79 Å². The summed E-state index contributed by atoms with van der Waals surface area (Å²) in [5.74, 6) is -0.736. The molecule has 134 valence electrons. The normalized spacial score (nSPS) is 35.4. The van der Waals surface area contributed by atoms with Crippen molar-refractivity contribution in [3.05, 3.63) is 0 Å². The zero-order valence-electron chi connectivity index (χ0n) is 14.7. The van der Waals surface area contributed by atoms with Crippen molar-refractivity contribution < 1.29 is 28.5 Å². The summed E-state index contributed by atoms with van der Waals surface area (Å²) in [4.78, 5) is 11.8. The van der Waals surface area contributed by atoms with Gasteiger partial charge in [0.1, 0.15) is 12.2 Å². The summed E-state index contributed by atoms with van der Waals surface area (Å²) in [6, 6.07) is 0. The summed E-state index contributed by atoms with van der Waals surface area (Å²) >= 11 is 0. The van der Waals surface area contributed by atoms with Crippen LogP contribution in [0.1, 0.15) is 53.4 Å². The zero-order valence-corrected chi connectivity index (χ0v) is 14.7. The van der Waals surface area contributed by atoms with Gasteiger partial charge in [-0.15, -0.1) is 0 Å². The first kappa shape index (κ1) is 18.8. The molecule has 0 amide bonds. The first-order valence-electron chi connectivity index (χ1n) is 8.67. The minimum atomic E-state index is -1.16. The molecule has 0 N–H and O–H groups in total. The Balaban J connectivity index is 2.07. The van der Waals surface area contributed by atoms with E-state index in [-0.39, 0.29) is 6.61 Å². The van der Waals surface area contributed by atoms with E-state index in [1.807, 2.05) is 13.8 Å². The second kappa shape index (κ2) is 8.03. The van der Waals surface area contributed by atoms with E-state index in [0.29, 0.717) is 13.2 Å². The summed E-state index contributed by atoms with van der Waals surface area (Å²) in [6.07, 6.45) is 3.18. The molecule has 0 aromatic carbocycles. The van der Waals surface area contributed by atoms with Gasteiger partial charge < -0.3 is 23.7 Å². The first-order chi connectivity index (χ1) is 11.0. The number of unbranched alkanes of at least 4 members (excludes halogenated alkanes) is 2. The van der Waals surface area contributed by atoms with Crippen LogP contribution in [0.5, 0.6) is 0 Å². The van der Waals surface area contributed by atoms with Crippen LogP contribution in [0.3, 0.4) is 0 Å². The fourth-order valence-electron chi connectivity index (χ4n) is 2.93. The largest absolute Gasteiger partial charge is 0.378 e. The lowest BCUT2D eigenvalue weighted by molar-refractivity contribution is -0.244. The van der Waals surface area contributed by atoms with E-state index in [1.165, 1.54) is 0 Å². The quantitative estimate of drug-likeness (QED) is 0.453. The fourth-order valence-corrected chi connectivity index (χ4v) is 2.93. The van der Waals surface area contributed by atoms with Crippen LogP contribution < -0.4 is 0 Å². The maximum atomic E-state index is 11.8. The topological polar surface area (TPSA) is 63.2 Å². The lowest BCUT2D eigenvalue weighted by Crippen LogP contribution is -2.51. The lowest BCUT2D eigenvalue weighted by Gasteiger charge is -2.32. The van der Waals surface area contributed by atoms with E-state index in [9.17, 15) is 4.79 Å². The van der Waals surface area contributed by atoms with Gasteiger partial charge in [0.25, 0.3) is 0 Å². The van der Waals surface area contributed by atoms with Gasteiger partial charge >= 0.3 is 0 Å². The van der Waals surface area contributed by atoms with Crippen LogP contribution >= 0.6 is 0 Å². The van der Waals surface area contributed by atoms with E-state index < -0.39 is 29.9 Å². The SMILES string of the molecule is CCCCOC[C@@]1(C=O)O[C@@H]2OC(C)(C)O[C@@H]2[C@@H]1OCCCC. The van der Waals surface area contributed by atoms with Crippen LogP contribution in [0.25, 0.3) is 0 Å². The van der Waals surface area contributed by atoms with Crippen LogP contribution in [-0.2, 0) is 28.5 Å². The van der Waals surface area contributed by atoms with E-state index >= 15 is 0 Å². The van der Waals surface area contributed by atoms with Crippen molar-refractivity contribution in [3.63, 3.8) is 0 Å². The molecule has 2 rings (SSSR count). The zero-order chi connectivity index (χ0) is 16.9. The molecule has 2 aliphatic rings. The van der Waals surface area contributed by atoms with Crippen LogP contribution in [-0.4, -0.2) is 56.0 Å². The Morgan fingerprint density at radius 3 is 2.39 bits per heavy atom. The van der Waals surface area contributed by atoms with Gasteiger partial charge in [0, 0.05) is 13.2 Å². The van der Waals surface area contributed by atoms with Gasteiger partial charge in [-0.25, -0.2) is 0 Å². The molecule has 0 radical (unpaired) electrons. The summed E-state index contributed by atoms with van der Waals surface area (Å²) < 4.78 is 29.2. The Bertz CT molecular complexity index is 385. The van der Waals surface area contributed by atoms with Crippen molar-refractivity contribution >= 4 is 6.29 Å². The third kappa shape index (κ3) is 4.31. The monoisotopic (exact) mass is 330 g/mol. The Hall–Kier alpha value is -0.530. The highest BCUT2D eigenvalue weighted by Crippen LogP contribution is 2.43. The van der Waals surface area contributed by atoms with Crippen LogP contribution in [0.2, 0.25) is 0 Å². The minimum Gasteiger partial charge on any atom is -0.378 e. The van der Waals surface area contributed by atoms with E-state index in [4.69, 9.17) is 23.7 Å². The summed E-state index contributed by atoms with van der Waals surface area (Å²) in [6.45, 7) is 9.16. The fraction of sp³-hybridized carbons (Fsp3) is 0.941. The number of rotatable bonds is 10. The van der Waals surface area contributed by atoms with Crippen molar-refractivity contribution in [2.24, 2.45) is 0 Å². The molecule has 0 aromatic rings. The molecule has 0 saturated carbocycles. The molecule has 0 aliphatic carbocycles. The van der Waals surface area contributed by atoms with Crippen molar-refractivity contribution in [2.75, 3.05) is 19.8 Å². The van der Waals surface area contributed by atoms with Crippen LogP contribution in [0.15, 0.2) is 0 Å². The lowest BCUT2D eigenvalue weighted by atomic mass is 9.97. The van der Waals surface area contributed by atoms with Gasteiger partial charge in [-0.05, 0) is 26.7 Å². The summed E-state index contributed by atoms with van der Waals surface area (Å²) in [5, 5.41) is 0. The number of carbonyl (C=O) groups is 1. The molecular weight excluding hydrogens is 300 g/mol. The Morgan fingerprint density at radius 2 is 1.74 bits per heavy atom. The molecule has 6 nitrogen and oxygen atoms in total. The van der Waals surface area contributed by atoms with Crippen molar-refractivity contribution in [1.29, 1.82) is 0 Å². The van der Waals surface area contributed by atoms with Crippen molar-refractivity contribution in [3.8, 4) is 0 Å². The Morgan fingerprint density at radius 1 is 1.04 bits per heavy atom. The number of aldehydes is 1. The predicted octanol–water partition coefficient (Wildman–Crippen LogP) is 2.43. The first-order valence-corrected chi connectivity index (χ1v) is 8.67. The number of carbonyl (C=O) groups excluding carboxylic acids is 1. The Kier molecular flexibility index (Phi) is 6.57. The van der Waals surface area contributed by atoms with Crippen LogP contribution in [0.4, 0.5) is 0 Å². The molecule has 0 spiro atoms. The number of ether oxygens (including phenoxy) is 5. The molecule has 6 heteroatoms. The predicted molar refractivity (Wildman–Crippen MR) is 84.1 cm³/mol. The third-order valence-corrected chi connectivity index (χ3v) is 4.17. The summed E-state index contributed by atoms with van der Waals surface area (Å²) in [5.41, 5.74) is -1.16. The smallest absolute Gasteiger partial charge is 0.191 e. The number of hydrogen-bond acceptors (Lipinski definition) is 6. The average Bonchev–Trinajstić information content (AvgIpc) is 2.94. The molecule has 0 unspecified atom stereocenters. The highest BCUT2D eigenvalue weighted by atomic mass is 16.8. The maximum Gasteiger partial charge on any atom is 0.191 e. The van der Waals surface area contributed by atoms with Gasteiger partial charge in [0.05, 0.1) is 6.61 Å². The van der Waals surface area contributed by atoms with E-state index in [0.717, 1.165) is 32.0 Å². The number of hydrogen-bond donors (Lipinski definition) is 0. The molecule has 2 heterocycles. The summed E-state index contributed by atoms with van der Waals surface area (Å²) in [7, 11) is 0. The molecule has 0 bridgehead atoms. The van der Waals surface area contributed by atoms with Crippen molar-refractivity contribution in [1.82, 2.24) is 0 Å². The van der Waals surface area contributed by atoms with Crippen molar-refractivity contribution in [2.45, 2.75) is 83.3 Å². The second-order valence-electron chi connectivity index (χ2n) is 6.71. The number of fused-ring (bicyclic) bond motifs is 1. The molecular formula is C17H30O6. The second-order valence-corrected chi connectivity index (χ2v) is 6.71. The molecule has 2 saturated heterocycles. The molecule has 23 heavy (non-hydrogen) atoms. The van der Waals surface area contributed by atoms with Gasteiger partial charge in [0.2, 0.25) is 0 Å². The standard InChI is InChI=1S/C17H30O6/c1-5-7-9-19-12-17(11-18)14(20-10-8-6-2)13-15(23-17)22-16(3,4)21-13/h11,13-15H,5-10,12H2,1-4H3/t13-,14+,15+,17-/m1/s1. The Labute approximate surface area is 138 Å². The van der Waals surface area contributed by atoms with E-state index in [2.05, 4.69) is 13.8 Å². The molecule has 2 aliphatic heterocycles. The van der Waals surface area contributed by atoms with Crippen LogP contribution in [0, 0.1) is 0 Å². The molecule has 0 aromatic heterocycles. The highest BCUT2D eigenvalue weighted by Gasteiger charge is 2.63. The highest BCUT2D eigenvalue weighted by molar-refractivity contribution is 5.65. The van der Waals surface area contributed by atoms with Gasteiger partial charge in [-0.2, -0.15) is 0 Å². The average molecular weight is 330 g/mol.